The van der Waals surface area contributed by atoms with Crippen LogP contribution in [-0.2, 0) is 27.3 Å². The van der Waals surface area contributed by atoms with Gasteiger partial charge in [0, 0.05) is 31.1 Å². The number of hydrogen-bond acceptors (Lipinski definition) is 5. The van der Waals surface area contributed by atoms with Crippen molar-refractivity contribution in [2.75, 3.05) is 18.0 Å². The van der Waals surface area contributed by atoms with Gasteiger partial charge < -0.3 is 10.2 Å². The lowest BCUT2D eigenvalue weighted by Gasteiger charge is -2.31. The lowest BCUT2D eigenvalue weighted by Crippen LogP contribution is -2.40. The Labute approximate surface area is 181 Å². The SMILES string of the molecule is CC(=O)NCC(=O)N1CCCC1c1nc(C)c2c(n1)N(Cc1ccccc1)C(=O)CC2. The first-order valence-electron chi connectivity index (χ1n) is 10.7. The van der Waals surface area contributed by atoms with Crippen molar-refractivity contribution in [3.8, 4) is 0 Å². The zero-order valence-corrected chi connectivity index (χ0v) is 17.9. The zero-order chi connectivity index (χ0) is 22.0. The minimum Gasteiger partial charge on any atom is -0.347 e. The first-order chi connectivity index (χ1) is 14.9. The fourth-order valence-corrected chi connectivity index (χ4v) is 4.32. The molecule has 1 aromatic carbocycles. The van der Waals surface area contributed by atoms with Gasteiger partial charge in [-0.25, -0.2) is 9.97 Å². The van der Waals surface area contributed by atoms with Crippen molar-refractivity contribution >= 4 is 23.5 Å². The maximum atomic E-state index is 12.8. The minimum absolute atomic E-state index is 0.0334. The normalized spacial score (nSPS) is 18.1. The lowest BCUT2D eigenvalue weighted by atomic mass is 10.0. The number of hydrogen-bond donors (Lipinski definition) is 1. The van der Waals surface area contributed by atoms with Gasteiger partial charge in [-0.05, 0) is 31.7 Å². The van der Waals surface area contributed by atoms with Gasteiger partial charge in [0.25, 0.3) is 0 Å². The predicted octanol–water partition coefficient (Wildman–Crippen LogP) is 2.06. The lowest BCUT2D eigenvalue weighted by molar-refractivity contribution is -0.133. The topological polar surface area (TPSA) is 95.5 Å². The van der Waals surface area contributed by atoms with Crippen molar-refractivity contribution in [3.63, 3.8) is 0 Å². The third-order valence-electron chi connectivity index (χ3n) is 5.90. The Hall–Kier alpha value is -3.29. The second kappa shape index (κ2) is 8.83. The molecule has 2 aliphatic heterocycles. The van der Waals surface area contributed by atoms with Crippen LogP contribution in [0.15, 0.2) is 30.3 Å². The van der Waals surface area contributed by atoms with Crippen LogP contribution in [0, 0.1) is 6.92 Å². The molecule has 0 aliphatic carbocycles. The number of nitrogens with zero attached hydrogens (tertiary/aromatic N) is 4. The van der Waals surface area contributed by atoms with Gasteiger partial charge >= 0.3 is 0 Å². The van der Waals surface area contributed by atoms with Gasteiger partial charge in [0.2, 0.25) is 17.7 Å². The molecule has 0 spiro atoms. The van der Waals surface area contributed by atoms with E-state index in [0.29, 0.717) is 37.6 Å². The summed E-state index contributed by atoms with van der Waals surface area (Å²) in [5.41, 5.74) is 2.88. The quantitative estimate of drug-likeness (QED) is 0.797. The molecule has 2 aliphatic rings. The highest BCUT2D eigenvalue weighted by Crippen LogP contribution is 2.35. The maximum absolute atomic E-state index is 12.8. The smallest absolute Gasteiger partial charge is 0.242 e. The number of aromatic nitrogens is 2. The molecule has 8 nitrogen and oxygen atoms in total. The summed E-state index contributed by atoms with van der Waals surface area (Å²) in [5.74, 6) is 0.890. The van der Waals surface area contributed by atoms with Crippen LogP contribution >= 0.6 is 0 Å². The zero-order valence-electron chi connectivity index (χ0n) is 17.9. The predicted molar refractivity (Wildman–Crippen MR) is 115 cm³/mol. The van der Waals surface area contributed by atoms with Crippen LogP contribution in [0.5, 0.6) is 0 Å². The molecule has 8 heteroatoms. The standard InChI is InChI=1S/C23H27N5O3/c1-15-18-10-11-20(30)28(14-17-7-4-3-5-8-17)23(18)26-22(25-15)19-9-6-12-27(19)21(31)13-24-16(2)29/h3-5,7-8,19H,6,9-14H2,1-2H3,(H,24,29). The van der Waals surface area contributed by atoms with E-state index in [1.807, 2.05) is 37.3 Å². The third-order valence-corrected chi connectivity index (χ3v) is 5.90. The van der Waals surface area contributed by atoms with E-state index < -0.39 is 0 Å². The van der Waals surface area contributed by atoms with Gasteiger partial charge in [-0.15, -0.1) is 0 Å². The summed E-state index contributed by atoms with van der Waals surface area (Å²) in [6.07, 6.45) is 2.68. The molecule has 2 aromatic rings. The van der Waals surface area contributed by atoms with Crippen molar-refractivity contribution in [1.29, 1.82) is 0 Å². The number of benzene rings is 1. The molecule has 1 atom stereocenters. The molecule has 1 saturated heterocycles. The number of anilines is 1. The summed E-state index contributed by atoms with van der Waals surface area (Å²) in [6.45, 7) is 4.37. The summed E-state index contributed by atoms with van der Waals surface area (Å²) >= 11 is 0. The summed E-state index contributed by atoms with van der Waals surface area (Å²) < 4.78 is 0. The Bertz CT molecular complexity index is 1010. The molecule has 1 unspecified atom stereocenters. The Morgan fingerprint density at radius 2 is 1.94 bits per heavy atom. The highest BCUT2D eigenvalue weighted by Gasteiger charge is 2.35. The molecule has 4 rings (SSSR count). The summed E-state index contributed by atoms with van der Waals surface area (Å²) in [7, 11) is 0. The fourth-order valence-electron chi connectivity index (χ4n) is 4.32. The number of amides is 3. The number of carbonyl (C=O) groups is 3. The Morgan fingerprint density at radius 3 is 2.68 bits per heavy atom. The maximum Gasteiger partial charge on any atom is 0.242 e. The Kier molecular flexibility index (Phi) is 5.97. The van der Waals surface area contributed by atoms with Crippen molar-refractivity contribution in [3.05, 3.63) is 53.0 Å². The molecule has 1 aromatic heterocycles. The van der Waals surface area contributed by atoms with Crippen LogP contribution in [0.4, 0.5) is 5.82 Å². The van der Waals surface area contributed by atoms with E-state index in [0.717, 1.165) is 29.7 Å². The molecular formula is C23H27N5O3. The molecule has 162 valence electrons. The first kappa shape index (κ1) is 21.0. The third kappa shape index (κ3) is 4.42. The molecule has 1 N–H and O–H groups in total. The summed E-state index contributed by atoms with van der Waals surface area (Å²) in [4.78, 5) is 49.7. The van der Waals surface area contributed by atoms with Gasteiger partial charge in [-0.2, -0.15) is 0 Å². The van der Waals surface area contributed by atoms with Crippen LogP contribution in [-0.4, -0.2) is 45.7 Å². The molecular weight excluding hydrogens is 394 g/mol. The minimum atomic E-state index is -0.249. The average molecular weight is 422 g/mol. The Balaban J connectivity index is 1.65. The number of fused-ring (bicyclic) bond motifs is 1. The number of aryl methyl sites for hydroxylation is 1. The van der Waals surface area contributed by atoms with Gasteiger partial charge in [-0.3, -0.25) is 19.3 Å². The van der Waals surface area contributed by atoms with E-state index in [1.54, 1.807) is 9.80 Å². The van der Waals surface area contributed by atoms with Crippen LogP contribution in [0.3, 0.4) is 0 Å². The van der Waals surface area contributed by atoms with Gasteiger partial charge in [-0.1, -0.05) is 30.3 Å². The van der Waals surface area contributed by atoms with E-state index >= 15 is 0 Å². The van der Waals surface area contributed by atoms with E-state index in [4.69, 9.17) is 9.97 Å². The monoisotopic (exact) mass is 421 g/mol. The molecule has 31 heavy (non-hydrogen) atoms. The number of carbonyl (C=O) groups excluding carboxylic acids is 3. The van der Waals surface area contributed by atoms with E-state index in [9.17, 15) is 14.4 Å². The summed E-state index contributed by atoms with van der Waals surface area (Å²) in [5, 5.41) is 2.57. The fraction of sp³-hybridized carbons (Fsp3) is 0.435. The van der Waals surface area contributed by atoms with E-state index in [2.05, 4.69) is 5.32 Å². The van der Waals surface area contributed by atoms with Gasteiger partial charge in [0.15, 0.2) is 5.82 Å². The summed E-state index contributed by atoms with van der Waals surface area (Å²) in [6, 6.07) is 9.61. The second-order valence-electron chi connectivity index (χ2n) is 8.09. The van der Waals surface area contributed by atoms with Crippen molar-refractivity contribution < 1.29 is 14.4 Å². The molecule has 1 fully saturated rings. The number of likely N-dealkylation sites (tertiary alicyclic amines) is 1. The van der Waals surface area contributed by atoms with Crippen LogP contribution < -0.4 is 10.2 Å². The second-order valence-corrected chi connectivity index (χ2v) is 8.09. The van der Waals surface area contributed by atoms with E-state index in [-0.39, 0.29) is 30.3 Å². The van der Waals surface area contributed by atoms with Crippen molar-refractivity contribution in [2.45, 2.75) is 52.1 Å². The highest BCUT2D eigenvalue weighted by molar-refractivity contribution is 5.95. The molecule has 0 bridgehead atoms. The molecule has 3 heterocycles. The number of rotatable bonds is 5. The molecule has 0 saturated carbocycles. The largest absolute Gasteiger partial charge is 0.347 e. The average Bonchev–Trinajstić information content (AvgIpc) is 3.25. The van der Waals surface area contributed by atoms with E-state index in [1.165, 1.54) is 6.92 Å². The van der Waals surface area contributed by atoms with Crippen molar-refractivity contribution in [2.24, 2.45) is 0 Å². The van der Waals surface area contributed by atoms with Gasteiger partial charge in [0.1, 0.15) is 5.82 Å². The number of nitrogens with one attached hydrogen (secondary N) is 1. The first-order valence-corrected chi connectivity index (χ1v) is 10.7. The van der Waals surface area contributed by atoms with Gasteiger partial charge in [0.05, 0.1) is 19.1 Å². The van der Waals surface area contributed by atoms with Crippen LogP contribution in [0.25, 0.3) is 0 Å². The molecule has 0 radical (unpaired) electrons. The Morgan fingerprint density at radius 1 is 1.16 bits per heavy atom. The highest BCUT2D eigenvalue weighted by atomic mass is 16.2. The van der Waals surface area contributed by atoms with Crippen LogP contribution in [0.2, 0.25) is 0 Å². The van der Waals surface area contributed by atoms with Crippen molar-refractivity contribution in [1.82, 2.24) is 20.2 Å². The van der Waals surface area contributed by atoms with Crippen LogP contribution in [0.1, 0.15) is 54.9 Å². The molecule has 3 amide bonds.